The zero-order valence-corrected chi connectivity index (χ0v) is 21.4. The number of aromatic carboxylic acids is 1. The Morgan fingerprint density at radius 2 is 1.50 bits per heavy atom. The van der Waals surface area contributed by atoms with Gasteiger partial charge in [-0.2, -0.15) is 4.31 Å². The first kappa shape index (κ1) is 25.7. The van der Waals surface area contributed by atoms with Gasteiger partial charge >= 0.3 is 11.9 Å². The van der Waals surface area contributed by atoms with Gasteiger partial charge in [-0.05, 0) is 59.5 Å². The fourth-order valence-corrected chi connectivity index (χ4v) is 6.57. The molecule has 1 fully saturated rings. The van der Waals surface area contributed by atoms with Crippen molar-refractivity contribution in [1.29, 1.82) is 0 Å². The van der Waals surface area contributed by atoms with Crippen LogP contribution >= 0.6 is 11.6 Å². The number of carbonyl (C=O) groups is 2. The van der Waals surface area contributed by atoms with Gasteiger partial charge in [0, 0.05) is 10.9 Å². The van der Waals surface area contributed by atoms with E-state index < -0.39 is 40.0 Å². The van der Waals surface area contributed by atoms with Crippen LogP contribution in [0.3, 0.4) is 0 Å². The lowest BCUT2D eigenvalue weighted by atomic mass is 10.1. The van der Waals surface area contributed by atoms with Crippen LogP contribution in [0.5, 0.6) is 0 Å². The van der Waals surface area contributed by atoms with Gasteiger partial charge in [0.2, 0.25) is 15.8 Å². The molecule has 0 aliphatic heterocycles. The lowest BCUT2D eigenvalue weighted by molar-refractivity contribution is -0.143. The first-order valence-corrected chi connectivity index (χ1v) is 13.4. The highest BCUT2D eigenvalue weighted by molar-refractivity contribution is 7.89. The van der Waals surface area contributed by atoms with Crippen LogP contribution in [0.1, 0.15) is 34.2 Å². The van der Waals surface area contributed by atoms with Crippen molar-refractivity contribution in [3.8, 4) is 11.1 Å². The van der Waals surface area contributed by atoms with Crippen LogP contribution in [0.2, 0.25) is 5.02 Å². The van der Waals surface area contributed by atoms with E-state index in [4.69, 9.17) is 16.0 Å². The van der Waals surface area contributed by atoms with Crippen molar-refractivity contribution >= 4 is 33.6 Å². The quantitative estimate of drug-likeness (QED) is 0.281. The molecule has 0 amide bonds. The summed E-state index contributed by atoms with van der Waals surface area (Å²) in [6.07, 6.45) is 0.0565. The van der Waals surface area contributed by atoms with Gasteiger partial charge in [-0.15, -0.1) is 0 Å². The molecular weight excluding hydrogens is 530 g/mol. The maximum atomic E-state index is 14.0. The SMILES string of the molecule is O=C(O)c1ccc(CN([C@]2(C(=O)O)C[C@@H]2c2ccccc2)S(=O)(=O)c2ccc(-c3ccc(Cl)cc3)cc2)o1. The summed E-state index contributed by atoms with van der Waals surface area (Å²) in [5.74, 6) is -3.56. The summed E-state index contributed by atoms with van der Waals surface area (Å²) in [4.78, 5) is 23.9. The molecule has 194 valence electrons. The van der Waals surface area contributed by atoms with Crippen molar-refractivity contribution in [1.82, 2.24) is 4.31 Å². The minimum absolute atomic E-state index is 0.0168. The number of hydrogen-bond acceptors (Lipinski definition) is 5. The summed E-state index contributed by atoms with van der Waals surface area (Å²) in [5, 5.41) is 20.2. The minimum atomic E-state index is -4.37. The highest BCUT2D eigenvalue weighted by Gasteiger charge is 2.68. The summed E-state index contributed by atoms with van der Waals surface area (Å²) in [7, 11) is -4.37. The molecule has 1 aliphatic rings. The van der Waals surface area contributed by atoms with Crippen LogP contribution in [0.15, 0.2) is 100 Å². The van der Waals surface area contributed by atoms with E-state index in [1.165, 1.54) is 24.3 Å². The van der Waals surface area contributed by atoms with E-state index in [1.54, 1.807) is 54.6 Å². The van der Waals surface area contributed by atoms with Gasteiger partial charge in [0.25, 0.3) is 0 Å². The average Bonchev–Trinajstić information content (AvgIpc) is 3.49. The lowest BCUT2D eigenvalue weighted by Crippen LogP contribution is -2.48. The van der Waals surface area contributed by atoms with E-state index in [1.807, 2.05) is 12.1 Å². The van der Waals surface area contributed by atoms with E-state index >= 15 is 0 Å². The lowest BCUT2D eigenvalue weighted by Gasteiger charge is -2.29. The van der Waals surface area contributed by atoms with Crippen molar-refractivity contribution in [2.75, 3.05) is 0 Å². The molecule has 2 N–H and O–H groups in total. The van der Waals surface area contributed by atoms with Gasteiger partial charge in [0.15, 0.2) is 0 Å². The topological polar surface area (TPSA) is 125 Å². The maximum Gasteiger partial charge on any atom is 0.371 e. The molecule has 2 atom stereocenters. The summed E-state index contributed by atoms with van der Waals surface area (Å²) in [6.45, 7) is -0.454. The Morgan fingerprint density at radius 1 is 0.895 bits per heavy atom. The molecule has 5 rings (SSSR count). The zero-order valence-electron chi connectivity index (χ0n) is 19.8. The number of rotatable bonds is 9. The molecule has 1 aromatic heterocycles. The van der Waals surface area contributed by atoms with E-state index in [2.05, 4.69) is 0 Å². The average molecular weight is 552 g/mol. The minimum Gasteiger partial charge on any atom is -0.480 e. The largest absolute Gasteiger partial charge is 0.480 e. The molecule has 0 unspecified atom stereocenters. The van der Waals surface area contributed by atoms with Crippen molar-refractivity contribution in [2.45, 2.75) is 29.3 Å². The van der Waals surface area contributed by atoms with Crippen LogP contribution < -0.4 is 0 Å². The number of hydrogen-bond donors (Lipinski definition) is 2. The predicted octanol–water partition coefficient (Wildman–Crippen LogP) is 5.50. The third-order valence-electron chi connectivity index (χ3n) is 6.74. The van der Waals surface area contributed by atoms with E-state index in [9.17, 15) is 28.2 Å². The van der Waals surface area contributed by atoms with E-state index in [-0.39, 0.29) is 22.8 Å². The number of carboxylic acid groups (broad SMARTS) is 2. The Labute approximate surface area is 223 Å². The molecule has 0 saturated heterocycles. The van der Waals surface area contributed by atoms with Gasteiger partial charge in [-0.3, -0.25) is 4.79 Å². The fraction of sp³-hybridized carbons (Fsp3) is 0.143. The van der Waals surface area contributed by atoms with Crippen molar-refractivity contribution < 1.29 is 32.6 Å². The monoisotopic (exact) mass is 551 g/mol. The highest BCUT2D eigenvalue weighted by Crippen LogP contribution is 2.57. The molecule has 0 radical (unpaired) electrons. The smallest absolute Gasteiger partial charge is 0.371 e. The van der Waals surface area contributed by atoms with Gasteiger partial charge in [0.1, 0.15) is 11.3 Å². The molecular formula is C28H22ClNO7S. The molecule has 1 saturated carbocycles. The van der Waals surface area contributed by atoms with E-state index in [0.29, 0.717) is 10.6 Å². The molecule has 3 aromatic carbocycles. The Balaban J connectivity index is 1.56. The number of sulfonamides is 1. The number of furan rings is 1. The van der Waals surface area contributed by atoms with Crippen LogP contribution in [-0.2, 0) is 21.4 Å². The van der Waals surface area contributed by atoms with Gasteiger partial charge in [0.05, 0.1) is 11.4 Å². The normalized spacial score (nSPS) is 18.8. The number of benzene rings is 3. The Kier molecular flexibility index (Phi) is 6.60. The molecule has 1 aliphatic carbocycles. The van der Waals surface area contributed by atoms with Gasteiger partial charge in [-0.25, -0.2) is 13.2 Å². The van der Waals surface area contributed by atoms with Crippen LogP contribution in [0.25, 0.3) is 11.1 Å². The number of carboxylic acids is 2. The summed E-state index contributed by atoms with van der Waals surface area (Å²) >= 11 is 5.96. The standard InChI is InChI=1S/C28H22ClNO7S/c29-21-10-6-18(7-11-21)19-8-13-23(14-9-19)38(35,36)30(17-22-12-15-25(37-22)26(31)32)28(27(33)34)16-24(28)20-4-2-1-3-5-20/h1-15,24H,16-17H2,(H,31,32)(H,33,34)/t24-,28-/m1/s1. The fourth-order valence-electron chi connectivity index (χ4n) is 4.70. The second-order valence-corrected chi connectivity index (χ2v) is 11.3. The third kappa shape index (κ3) is 4.60. The second-order valence-electron chi connectivity index (χ2n) is 9.01. The predicted molar refractivity (Wildman–Crippen MR) is 139 cm³/mol. The van der Waals surface area contributed by atoms with Crippen molar-refractivity contribution in [3.05, 3.63) is 113 Å². The van der Waals surface area contributed by atoms with E-state index in [0.717, 1.165) is 15.4 Å². The molecule has 0 bridgehead atoms. The highest BCUT2D eigenvalue weighted by atomic mass is 35.5. The van der Waals surface area contributed by atoms with Gasteiger partial charge < -0.3 is 14.6 Å². The first-order chi connectivity index (χ1) is 18.1. The molecule has 8 nitrogen and oxygen atoms in total. The van der Waals surface area contributed by atoms with Crippen molar-refractivity contribution in [3.63, 3.8) is 0 Å². The number of aliphatic carboxylic acids is 1. The zero-order chi connectivity index (χ0) is 27.1. The summed E-state index contributed by atoms with van der Waals surface area (Å²) in [6, 6.07) is 24.6. The first-order valence-electron chi connectivity index (χ1n) is 11.6. The molecule has 10 heteroatoms. The maximum absolute atomic E-state index is 14.0. The van der Waals surface area contributed by atoms with Crippen LogP contribution in [-0.4, -0.2) is 40.4 Å². The van der Waals surface area contributed by atoms with Crippen molar-refractivity contribution in [2.24, 2.45) is 0 Å². The number of nitrogens with zero attached hydrogens (tertiary/aromatic N) is 1. The Bertz CT molecular complexity index is 1600. The second kappa shape index (κ2) is 9.75. The molecule has 38 heavy (non-hydrogen) atoms. The Hall–Kier alpha value is -3.92. The third-order valence-corrected chi connectivity index (χ3v) is 8.90. The molecule has 1 heterocycles. The van der Waals surface area contributed by atoms with Crippen LogP contribution in [0, 0.1) is 0 Å². The number of halogens is 1. The summed E-state index contributed by atoms with van der Waals surface area (Å²) < 4.78 is 34.3. The molecule has 0 spiro atoms. The Morgan fingerprint density at radius 3 is 2.05 bits per heavy atom. The summed E-state index contributed by atoms with van der Waals surface area (Å²) in [5.41, 5.74) is 0.510. The molecule has 4 aromatic rings. The van der Waals surface area contributed by atoms with Gasteiger partial charge in [-0.1, -0.05) is 66.2 Å². The van der Waals surface area contributed by atoms with Crippen LogP contribution in [0.4, 0.5) is 0 Å².